The van der Waals surface area contributed by atoms with Crippen LogP contribution < -0.4 is 14.8 Å². The Morgan fingerprint density at radius 1 is 1.17 bits per heavy atom. The zero-order chi connectivity index (χ0) is 20.2. The van der Waals surface area contributed by atoms with Crippen molar-refractivity contribution in [3.63, 3.8) is 0 Å². The van der Waals surface area contributed by atoms with Crippen LogP contribution in [0.1, 0.15) is 38.5 Å². The highest BCUT2D eigenvalue weighted by atomic mass is 32.2. The van der Waals surface area contributed by atoms with Crippen molar-refractivity contribution in [3.05, 3.63) is 18.2 Å². The summed E-state index contributed by atoms with van der Waals surface area (Å²) in [5.41, 5.74) is 0.743. The second kappa shape index (κ2) is 7.18. The summed E-state index contributed by atoms with van der Waals surface area (Å²) in [6.45, 7) is 1.07. The van der Waals surface area contributed by atoms with Gasteiger partial charge in [0.05, 0.1) is 5.69 Å². The van der Waals surface area contributed by atoms with Crippen molar-refractivity contribution in [3.8, 4) is 11.5 Å². The molecule has 2 aliphatic heterocycles. The Labute approximate surface area is 179 Å². The number of benzene rings is 1. The molecule has 2 amide bonds. The Bertz CT molecular complexity index is 931. The second-order valence-corrected chi connectivity index (χ2v) is 10.1. The minimum atomic E-state index is -0.391. The lowest BCUT2D eigenvalue weighted by molar-refractivity contribution is -0.130. The van der Waals surface area contributed by atoms with Crippen LogP contribution >= 0.6 is 11.8 Å². The maximum absolute atomic E-state index is 13.3. The molecular weight excluding hydrogens is 402 g/mol. The summed E-state index contributed by atoms with van der Waals surface area (Å²) in [6, 6.07) is 6.16. The number of amidine groups is 1. The minimum Gasteiger partial charge on any atom is -0.486 e. The number of carbonyl (C=O) groups excluding carboxylic acids is 2. The van der Waals surface area contributed by atoms with Gasteiger partial charge in [-0.05, 0) is 56.1 Å². The van der Waals surface area contributed by atoms with E-state index in [2.05, 4.69) is 5.32 Å². The minimum absolute atomic E-state index is 0.0281. The lowest BCUT2D eigenvalue weighted by atomic mass is 10.1. The Hall–Kier alpha value is -2.22. The van der Waals surface area contributed by atoms with Gasteiger partial charge in [-0.15, -0.1) is 0 Å². The Morgan fingerprint density at radius 3 is 2.73 bits per heavy atom. The van der Waals surface area contributed by atoms with Gasteiger partial charge in [0.2, 0.25) is 11.8 Å². The normalized spacial score (nSPS) is 33.0. The van der Waals surface area contributed by atoms with E-state index in [0.717, 1.165) is 41.8 Å². The number of ether oxygens (including phenoxy) is 2. The van der Waals surface area contributed by atoms with E-state index in [0.29, 0.717) is 30.9 Å². The van der Waals surface area contributed by atoms with Gasteiger partial charge in [-0.2, -0.15) is 0 Å². The third-order valence-corrected chi connectivity index (χ3v) is 7.82. The zero-order valence-corrected chi connectivity index (χ0v) is 17.5. The zero-order valence-electron chi connectivity index (χ0n) is 16.7. The SMILES string of the molecule is O=C(CC1SC(=Nc2ccc3c(c2)OCCO3)N(C2CCC3CC32)C1=O)NC1CC1. The van der Waals surface area contributed by atoms with E-state index in [-0.39, 0.29) is 24.3 Å². The summed E-state index contributed by atoms with van der Waals surface area (Å²) >= 11 is 1.44. The molecule has 0 radical (unpaired) electrons. The standard InChI is InChI=1S/C22H25N3O4S/c26-20(23-13-2-3-13)11-19-21(27)25(16-5-1-12-9-15(12)16)22(30-19)24-14-4-6-17-18(10-14)29-8-7-28-17/h4,6,10,12-13,15-16,19H,1-3,5,7-9,11H2,(H,23,26). The first kappa shape index (κ1) is 18.5. The lowest BCUT2D eigenvalue weighted by Crippen LogP contribution is -2.42. The van der Waals surface area contributed by atoms with Gasteiger partial charge in [0.15, 0.2) is 16.7 Å². The molecule has 4 fully saturated rings. The van der Waals surface area contributed by atoms with Crippen LogP contribution in [0.3, 0.4) is 0 Å². The van der Waals surface area contributed by atoms with Gasteiger partial charge in [0, 0.05) is 24.6 Å². The van der Waals surface area contributed by atoms with Gasteiger partial charge in [0.25, 0.3) is 0 Å². The number of amides is 2. The Morgan fingerprint density at radius 2 is 2.00 bits per heavy atom. The molecule has 158 valence electrons. The molecule has 7 nitrogen and oxygen atoms in total. The molecule has 0 aromatic heterocycles. The lowest BCUT2D eigenvalue weighted by Gasteiger charge is -2.25. The van der Waals surface area contributed by atoms with E-state index < -0.39 is 5.25 Å². The summed E-state index contributed by atoms with van der Waals surface area (Å²) < 4.78 is 11.3. The molecule has 5 aliphatic rings. The molecule has 2 heterocycles. The van der Waals surface area contributed by atoms with E-state index in [1.165, 1.54) is 24.6 Å². The molecule has 1 aromatic carbocycles. The molecule has 4 atom stereocenters. The van der Waals surface area contributed by atoms with Crippen LogP contribution in [-0.2, 0) is 9.59 Å². The number of rotatable bonds is 5. The number of hydrogen-bond acceptors (Lipinski definition) is 6. The van der Waals surface area contributed by atoms with Crippen molar-refractivity contribution in [2.45, 2.75) is 55.9 Å². The van der Waals surface area contributed by atoms with E-state index in [1.807, 2.05) is 23.1 Å². The molecule has 8 heteroatoms. The monoisotopic (exact) mass is 427 g/mol. The number of aliphatic imine (C=N–C) groups is 1. The molecule has 4 unspecified atom stereocenters. The fourth-order valence-corrected chi connectivity index (χ4v) is 6.09. The van der Waals surface area contributed by atoms with Gasteiger partial charge >= 0.3 is 0 Å². The molecule has 1 aromatic rings. The average molecular weight is 428 g/mol. The Balaban J connectivity index is 1.27. The van der Waals surface area contributed by atoms with Gasteiger partial charge in [-0.25, -0.2) is 4.99 Å². The highest BCUT2D eigenvalue weighted by Crippen LogP contribution is 2.55. The highest BCUT2D eigenvalue weighted by Gasteiger charge is 2.55. The van der Waals surface area contributed by atoms with Crippen molar-refractivity contribution in [1.82, 2.24) is 10.2 Å². The number of thioether (sulfide) groups is 1. The van der Waals surface area contributed by atoms with E-state index in [4.69, 9.17) is 14.5 Å². The van der Waals surface area contributed by atoms with Crippen LogP contribution in [0.2, 0.25) is 0 Å². The van der Waals surface area contributed by atoms with Crippen LogP contribution in [0.15, 0.2) is 23.2 Å². The summed E-state index contributed by atoms with van der Waals surface area (Å²) in [5, 5.41) is 3.34. The number of nitrogens with zero attached hydrogens (tertiary/aromatic N) is 2. The number of nitrogens with one attached hydrogen (secondary N) is 1. The molecule has 1 saturated heterocycles. The smallest absolute Gasteiger partial charge is 0.242 e. The quantitative estimate of drug-likeness (QED) is 0.782. The van der Waals surface area contributed by atoms with E-state index in [9.17, 15) is 9.59 Å². The van der Waals surface area contributed by atoms with Gasteiger partial charge < -0.3 is 14.8 Å². The van der Waals surface area contributed by atoms with Crippen LogP contribution in [0.25, 0.3) is 0 Å². The first-order valence-electron chi connectivity index (χ1n) is 10.9. The molecule has 30 heavy (non-hydrogen) atoms. The maximum Gasteiger partial charge on any atom is 0.242 e. The molecule has 6 rings (SSSR count). The van der Waals surface area contributed by atoms with Gasteiger partial charge in [0.1, 0.15) is 18.5 Å². The second-order valence-electron chi connectivity index (χ2n) is 8.89. The first-order valence-corrected chi connectivity index (χ1v) is 11.8. The largest absolute Gasteiger partial charge is 0.486 e. The summed E-state index contributed by atoms with van der Waals surface area (Å²) in [7, 11) is 0. The average Bonchev–Trinajstić information content (AvgIpc) is 3.65. The van der Waals surface area contributed by atoms with E-state index >= 15 is 0 Å². The van der Waals surface area contributed by atoms with Gasteiger partial charge in [-0.1, -0.05) is 11.8 Å². The molecule has 3 saturated carbocycles. The van der Waals surface area contributed by atoms with Crippen molar-refractivity contribution in [2.75, 3.05) is 13.2 Å². The van der Waals surface area contributed by atoms with Crippen LogP contribution in [0.4, 0.5) is 5.69 Å². The van der Waals surface area contributed by atoms with Crippen molar-refractivity contribution in [1.29, 1.82) is 0 Å². The third-order valence-electron chi connectivity index (χ3n) is 6.67. The van der Waals surface area contributed by atoms with Crippen LogP contribution in [0.5, 0.6) is 11.5 Å². The maximum atomic E-state index is 13.3. The fraction of sp³-hybridized carbons (Fsp3) is 0.591. The van der Waals surface area contributed by atoms with Crippen molar-refractivity contribution in [2.24, 2.45) is 16.8 Å². The van der Waals surface area contributed by atoms with Crippen molar-refractivity contribution >= 4 is 34.4 Å². The number of hydrogen-bond donors (Lipinski definition) is 1. The Kier molecular flexibility index (Phi) is 4.44. The van der Waals surface area contributed by atoms with Crippen molar-refractivity contribution < 1.29 is 19.1 Å². The van der Waals surface area contributed by atoms with E-state index in [1.54, 1.807) is 0 Å². The number of fused-ring (bicyclic) bond motifs is 2. The fourth-order valence-electron chi connectivity index (χ4n) is 4.89. The number of carbonyl (C=O) groups is 2. The topological polar surface area (TPSA) is 80.2 Å². The summed E-state index contributed by atoms with van der Waals surface area (Å²) in [5.74, 6) is 2.79. The predicted octanol–water partition coefficient (Wildman–Crippen LogP) is 2.86. The van der Waals surface area contributed by atoms with Crippen LogP contribution in [0, 0.1) is 11.8 Å². The molecule has 0 spiro atoms. The third kappa shape index (κ3) is 3.45. The van der Waals surface area contributed by atoms with Crippen LogP contribution in [-0.4, -0.2) is 52.4 Å². The molecule has 0 bridgehead atoms. The molecule has 3 aliphatic carbocycles. The van der Waals surface area contributed by atoms with Gasteiger partial charge in [-0.3, -0.25) is 14.5 Å². The predicted molar refractivity (Wildman–Crippen MR) is 113 cm³/mol. The summed E-state index contributed by atoms with van der Waals surface area (Å²) in [6.07, 6.45) is 5.74. The molecular formula is C22H25N3O4S. The molecule has 1 N–H and O–H groups in total. The highest BCUT2D eigenvalue weighted by molar-refractivity contribution is 8.15. The first-order chi connectivity index (χ1) is 14.7. The summed E-state index contributed by atoms with van der Waals surface area (Å²) in [4.78, 5) is 32.4.